The Morgan fingerprint density at radius 3 is 2.19 bits per heavy atom. The van der Waals surface area contributed by atoms with E-state index in [0.717, 1.165) is 22.0 Å². The van der Waals surface area contributed by atoms with Crippen molar-refractivity contribution in [3.05, 3.63) is 119 Å². The lowest BCUT2D eigenvalue weighted by Crippen LogP contribution is -2.07. The molecule has 0 fully saturated rings. The predicted octanol–water partition coefficient (Wildman–Crippen LogP) is 4.51. The van der Waals surface area contributed by atoms with Crippen molar-refractivity contribution in [3.63, 3.8) is 0 Å². The molecule has 1 aromatic heterocycles. The Kier molecular flexibility index (Phi) is 6.04. The van der Waals surface area contributed by atoms with Crippen molar-refractivity contribution in [3.8, 4) is 0 Å². The second-order valence-corrected chi connectivity index (χ2v) is 5.75. The van der Waals surface area contributed by atoms with Crippen LogP contribution in [0.15, 0.2) is 102 Å². The molecule has 0 saturated carbocycles. The number of ketones is 1. The van der Waals surface area contributed by atoms with Crippen molar-refractivity contribution in [2.45, 2.75) is 0 Å². The van der Waals surface area contributed by atoms with Gasteiger partial charge >= 0.3 is 5.69 Å². The molecule has 1 N–H and O–H groups in total. The van der Waals surface area contributed by atoms with E-state index < -0.39 is 0 Å². The summed E-state index contributed by atoms with van der Waals surface area (Å²) in [6.07, 6.45) is 4.99. The molecule has 0 unspecified atom stereocenters. The zero-order valence-electron chi connectivity index (χ0n) is 14.6. The molecular formula is C23H18N2O2. The van der Waals surface area contributed by atoms with Gasteiger partial charge in [0.1, 0.15) is 0 Å². The van der Waals surface area contributed by atoms with Crippen LogP contribution in [0.25, 0.3) is 17.0 Å². The average molecular weight is 354 g/mol. The number of para-hydroxylation sites is 1. The minimum absolute atomic E-state index is 0.0319. The number of allylic oxidation sites excluding steroid dienone is 1. The monoisotopic (exact) mass is 354 g/mol. The van der Waals surface area contributed by atoms with Crippen LogP contribution in [0.2, 0.25) is 0 Å². The van der Waals surface area contributed by atoms with Crippen molar-refractivity contribution >= 4 is 22.8 Å². The lowest BCUT2D eigenvalue weighted by molar-refractivity contribution is 0.104. The molecule has 27 heavy (non-hydrogen) atoms. The van der Waals surface area contributed by atoms with Crippen molar-refractivity contribution in [2.75, 3.05) is 0 Å². The van der Waals surface area contributed by atoms with Gasteiger partial charge in [-0.3, -0.25) is 4.79 Å². The van der Waals surface area contributed by atoms with E-state index in [9.17, 15) is 9.59 Å². The minimum atomic E-state index is -0.302. The molecule has 4 rings (SSSR count). The van der Waals surface area contributed by atoms with Gasteiger partial charge in [0.05, 0.1) is 5.52 Å². The number of hydrogen-bond donors (Lipinski definition) is 1. The summed E-state index contributed by atoms with van der Waals surface area (Å²) in [4.78, 5) is 28.7. The van der Waals surface area contributed by atoms with Crippen LogP contribution in [0, 0.1) is 0 Å². The Bertz CT molecular complexity index is 1100. The topological polar surface area (TPSA) is 62.8 Å². The number of fused-ring (bicyclic) bond motifs is 1. The number of hydrogen-bond acceptors (Lipinski definition) is 3. The number of carbonyl (C=O) groups excluding carboxylic acids is 1. The van der Waals surface area contributed by atoms with Gasteiger partial charge in [0.25, 0.3) is 0 Å². The molecule has 4 aromatic rings. The Labute approximate surface area is 156 Å². The Morgan fingerprint density at radius 2 is 1.44 bits per heavy atom. The zero-order valence-corrected chi connectivity index (χ0v) is 14.6. The van der Waals surface area contributed by atoms with Crippen LogP contribution in [0.1, 0.15) is 15.9 Å². The van der Waals surface area contributed by atoms with Gasteiger partial charge in [-0.2, -0.15) is 0 Å². The minimum Gasteiger partial charge on any atom is -0.305 e. The van der Waals surface area contributed by atoms with Gasteiger partial charge in [-0.1, -0.05) is 84.9 Å². The van der Waals surface area contributed by atoms with E-state index in [1.54, 1.807) is 12.3 Å². The zero-order chi connectivity index (χ0) is 18.9. The van der Waals surface area contributed by atoms with Crippen LogP contribution in [-0.4, -0.2) is 15.8 Å². The molecule has 0 radical (unpaired) electrons. The number of carbonyl (C=O) groups is 1. The van der Waals surface area contributed by atoms with E-state index in [2.05, 4.69) is 9.97 Å². The normalized spacial score (nSPS) is 10.4. The molecule has 0 saturated heterocycles. The first-order valence-corrected chi connectivity index (χ1v) is 8.49. The van der Waals surface area contributed by atoms with Gasteiger partial charge in [0.2, 0.25) is 0 Å². The average Bonchev–Trinajstić information content (AvgIpc) is 2.74. The van der Waals surface area contributed by atoms with Gasteiger partial charge in [-0.15, -0.1) is 0 Å². The lowest BCUT2D eigenvalue weighted by Gasteiger charge is -1.94. The van der Waals surface area contributed by atoms with Crippen molar-refractivity contribution < 1.29 is 4.79 Å². The van der Waals surface area contributed by atoms with Gasteiger partial charge in [-0.25, -0.2) is 9.78 Å². The molecule has 0 aliphatic carbocycles. The quantitative estimate of drug-likeness (QED) is 0.435. The van der Waals surface area contributed by atoms with Crippen molar-refractivity contribution in [1.82, 2.24) is 9.97 Å². The van der Waals surface area contributed by atoms with Gasteiger partial charge < -0.3 is 4.98 Å². The predicted molar refractivity (Wildman–Crippen MR) is 109 cm³/mol. The maximum Gasteiger partial charge on any atom is 0.345 e. The molecule has 0 aliphatic rings. The van der Waals surface area contributed by atoms with Crippen LogP contribution >= 0.6 is 0 Å². The number of nitrogens with one attached hydrogen (secondary N) is 1. The summed E-state index contributed by atoms with van der Waals surface area (Å²) >= 11 is 0. The highest BCUT2D eigenvalue weighted by atomic mass is 16.1. The molecule has 0 atom stereocenters. The smallest absolute Gasteiger partial charge is 0.305 e. The fourth-order valence-electron chi connectivity index (χ4n) is 2.43. The number of nitrogens with zero attached hydrogens (tertiary/aromatic N) is 1. The Balaban J connectivity index is 0.000000166. The first kappa shape index (κ1) is 18.0. The summed E-state index contributed by atoms with van der Waals surface area (Å²) in [7, 11) is 0. The number of aromatic amines is 1. The van der Waals surface area contributed by atoms with Crippen LogP contribution in [0.5, 0.6) is 0 Å². The summed E-state index contributed by atoms with van der Waals surface area (Å²) in [5, 5.41) is 0.951. The van der Waals surface area contributed by atoms with E-state index in [0.29, 0.717) is 0 Å². The number of rotatable bonds is 3. The molecule has 0 aliphatic heterocycles. The highest BCUT2D eigenvalue weighted by Crippen LogP contribution is 2.06. The summed E-state index contributed by atoms with van der Waals surface area (Å²) in [6, 6.07) is 26.6. The third kappa shape index (κ3) is 5.34. The molecular weight excluding hydrogens is 336 g/mol. The number of aromatic nitrogens is 2. The summed E-state index contributed by atoms with van der Waals surface area (Å²) in [5.74, 6) is 0.0319. The van der Waals surface area contributed by atoms with Crippen LogP contribution < -0.4 is 5.69 Å². The molecule has 132 valence electrons. The highest BCUT2D eigenvalue weighted by Gasteiger charge is 1.98. The maximum atomic E-state index is 11.7. The molecule has 4 heteroatoms. The van der Waals surface area contributed by atoms with E-state index in [4.69, 9.17) is 0 Å². The molecule has 4 nitrogen and oxygen atoms in total. The third-order valence-electron chi connectivity index (χ3n) is 3.81. The van der Waals surface area contributed by atoms with Gasteiger partial charge in [0.15, 0.2) is 5.78 Å². The molecule has 0 bridgehead atoms. The maximum absolute atomic E-state index is 11.7. The highest BCUT2D eigenvalue weighted by molar-refractivity contribution is 6.06. The molecule has 3 aromatic carbocycles. The lowest BCUT2D eigenvalue weighted by atomic mass is 10.1. The summed E-state index contributed by atoms with van der Waals surface area (Å²) in [5.41, 5.74) is 2.28. The summed E-state index contributed by atoms with van der Waals surface area (Å²) < 4.78 is 0. The summed E-state index contributed by atoms with van der Waals surface area (Å²) in [6.45, 7) is 0. The number of H-pyrrole nitrogens is 1. The van der Waals surface area contributed by atoms with E-state index in [1.807, 2.05) is 91.0 Å². The standard InChI is InChI=1S/C15H12O.C8H6N2O/c16-15(14-9-5-2-6-10-14)12-11-13-7-3-1-4-8-13;11-8-9-5-6-3-1-2-4-7(6)10-8/h1-12H;1-5H,(H,9,10,11). The fourth-order valence-corrected chi connectivity index (χ4v) is 2.43. The molecule has 1 heterocycles. The van der Waals surface area contributed by atoms with Gasteiger partial charge in [0, 0.05) is 17.1 Å². The fraction of sp³-hybridized carbons (Fsp3) is 0. The largest absolute Gasteiger partial charge is 0.345 e. The van der Waals surface area contributed by atoms with E-state index in [-0.39, 0.29) is 11.5 Å². The van der Waals surface area contributed by atoms with E-state index >= 15 is 0 Å². The van der Waals surface area contributed by atoms with Crippen molar-refractivity contribution in [2.24, 2.45) is 0 Å². The first-order valence-electron chi connectivity index (χ1n) is 8.49. The van der Waals surface area contributed by atoms with Gasteiger partial charge in [-0.05, 0) is 17.7 Å². The Hall–Kier alpha value is -3.79. The van der Waals surface area contributed by atoms with E-state index in [1.165, 1.54) is 0 Å². The van der Waals surface area contributed by atoms with Crippen LogP contribution in [-0.2, 0) is 0 Å². The Morgan fingerprint density at radius 1 is 0.815 bits per heavy atom. The second-order valence-electron chi connectivity index (χ2n) is 5.75. The SMILES string of the molecule is O=C(C=Cc1ccccc1)c1ccccc1.O=c1ncc2ccccc2[nH]1. The molecule has 0 spiro atoms. The first-order chi connectivity index (χ1) is 13.2. The number of benzene rings is 3. The second kappa shape index (κ2) is 9.06. The molecule has 0 amide bonds. The van der Waals surface area contributed by atoms with Crippen LogP contribution in [0.4, 0.5) is 0 Å². The van der Waals surface area contributed by atoms with Crippen molar-refractivity contribution in [1.29, 1.82) is 0 Å². The van der Waals surface area contributed by atoms with Crippen LogP contribution in [0.3, 0.4) is 0 Å². The third-order valence-corrected chi connectivity index (χ3v) is 3.81.